The minimum Gasteiger partial charge on any atom is -0.356 e. The van der Waals surface area contributed by atoms with E-state index in [4.69, 9.17) is 0 Å². The maximum Gasteiger partial charge on any atom is 0.222 e. The lowest BCUT2D eigenvalue weighted by Crippen LogP contribution is -2.55. The van der Waals surface area contributed by atoms with Crippen LogP contribution in [0.5, 0.6) is 0 Å². The fourth-order valence-electron chi connectivity index (χ4n) is 5.25. The number of nitrogens with one attached hydrogen (secondary N) is 1. The lowest BCUT2D eigenvalue weighted by molar-refractivity contribution is -0.141. The number of anilines is 1. The number of carbonyl (C=O) groups excluding carboxylic acids is 1. The second-order valence-electron chi connectivity index (χ2n) is 8.65. The lowest BCUT2D eigenvalue weighted by Gasteiger charge is -2.49. The Kier molecular flexibility index (Phi) is 4.07. The van der Waals surface area contributed by atoms with Gasteiger partial charge in [-0.3, -0.25) is 4.79 Å². The normalized spacial score (nSPS) is 26.4. The van der Waals surface area contributed by atoms with Crippen LogP contribution in [0, 0.1) is 5.41 Å². The molecule has 0 aliphatic carbocycles. The number of hydrogen-bond donors (Lipinski definition) is 1. The molecule has 3 fully saturated rings. The van der Waals surface area contributed by atoms with Crippen molar-refractivity contribution in [1.29, 1.82) is 0 Å². The van der Waals surface area contributed by atoms with E-state index in [1.54, 1.807) is 6.33 Å². The first-order valence-corrected chi connectivity index (χ1v) is 10.1. The van der Waals surface area contributed by atoms with E-state index in [9.17, 15) is 4.79 Å². The van der Waals surface area contributed by atoms with E-state index in [-0.39, 0.29) is 5.41 Å². The first-order valence-electron chi connectivity index (χ1n) is 10.1. The molecule has 1 unspecified atom stereocenters. The third kappa shape index (κ3) is 2.98. The average Bonchev–Trinajstić information content (AvgIpc) is 3.33. The van der Waals surface area contributed by atoms with Crippen LogP contribution in [0.2, 0.25) is 0 Å². The van der Waals surface area contributed by atoms with Crippen LogP contribution in [0.3, 0.4) is 0 Å². The number of likely N-dealkylation sites (tertiary alicyclic amines) is 2. The van der Waals surface area contributed by atoms with Gasteiger partial charge in [0.2, 0.25) is 5.91 Å². The summed E-state index contributed by atoms with van der Waals surface area (Å²) in [5.41, 5.74) is 1.19. The molecule has 1 amide bonds. The number of amides is 1. The molecule has 27 heavy (non-hydrogen) atoms. The first kappa shape index (κ1) is 17.0. The van der Waals surface area contributed by atoms with Crippen LogP contribution in [0.1, 0.15) is 32.1 Å². The molecule has 7 heteroatoms. The molecule has 0 radical (unpaired) electrons. The molecule has 3 saturated heterocycles. The van der Waals surface area contributed by atoms with Crippen molar-refractivity contribution in [1.82, 2.24) is 24.8 Å². The summed E-state index contributed by atoms with van der Waals surface area (Å²) in [5, 5.41) is 1.10. The Morgan fingerprint density at radius 3 is 2.81 bits per heavy atom. The number of piperidine rings is 2. The molecule has 2 aromatic rings. The smallest absolute Gasteiger partial charge is 0.222 e. The molecule has 0 aromatic carbocycles. The molecular weight excluding hydrogens is 340 g/mol. The summed E-state index contributed by atoms with van der Waals surface area (Å²) in [4.78, 5) is 31.6. The second-order valence-corrected chi connectivity index (χ2v) is 8.65. The summed E-state index contributed by atoms with van der Waals surface area (Å²) in [6.45, 7) is 5.09. The Labute approximate surface area is 159 Å². The first-order chi connectivity index (χ1) is 13.1. The number of H-pyrrole nitrogens is 1. The summed E-state index contributed by atoms with van der Waals surface area (Å²) in [6.07, 6.45) is 8.73. The largest absolute Gasteiger partial charge is 0.356 e. The van der Waals surface area contributed by atoms with Crippen molar-refractivity contribution in [3.8, 4) is 0 Å². The monoisotopic (exact) mass is 368 g/mol. The highest BCUT2D eigenvalue weighted by Gasteiger charge is 2.44. The van der Waals surface area contributed by atoms with Gasteiger partial charge < -0.3 is 19.7 Å². The predicted octanol–water partition coefficient (Wildman–Crippen LogP) is 1.87. The molecule has 5 heterocycles. The predicted molar refractivity (Wildman–Crippen MR) is 105 cm³/mol. The molecule has 5 rings (SSSR count). The van der Waals surface area contributed by atoms with Gasteiger partial charge in [-0.1, -0.05) is 0 Å². The summed E-state index contributed by atoms with van der Waals surface area (Å²) < 4.78 is 0. The van der Waals surface area contributed by atoms with Gasteiger partial charge in [0, 0.05) is 44.8 Å². The fraction of sp³-hybridized carbons (Fsp3) is 0.650. The van der Waals surface area contributed by atoms with Gasteiger partial charge in [-0.2, -0.15) is 0 Å². The van der Waals surface area contributed by atoms with Crippen molar-refractivity contribution in [2.45, 2.75) is 38.1 Å². The third-order valence-corrected chi connectivity index (χ3v) is 6.96. The number of likely N-dealkylation sites (N-methyl/N-ethyl adjacent to an activating group) is 1. The number of aromatic nitrogens is 3. The molecule has 1 N–H and O–H groups in total. The van der Waals surface area contributed by atoms with Crippen LogP contribution in [0.15, 0.2) is 18.6 Å². The maximum atomic E-state index is 12.6. The van der Waals surface area contributed by atoms with Crippen LogP contribution in [-0.2, 0) is 4.79 Å². The van der Waals surface area contributed by atoms with Gasteiger partial charge in [0.05, 0.1) is 5.39 Å². The molecule has 0 bridgehead atoms. The van der Waals surface area contributed by atoms with E-state index in [0.717, 1.165) is 81.7 Å². The SMILES string of the molecule is CN1CCC(N2CC3(CCC2=O)CCN(c2ncnc4[nH]ccc24)CC3)C1. The molecule has 3 aliphatic rings. The summed E-state index contributed by atoms with van der Waals surface area (Å²) >= 11 is 0. The van der Waals surface area contributed by atoms with Crippen LogP contribution in [0.25, 0.3) is 11.0 Å². The van der Waals surface area contributed by atoms with Crippen molar-refractivity contribution in [2.75, 3.05) is 44.7 Å². The summed E-state index contributed by atoms with van der Waals surface area (Å²) in [5.74, 6) is 1.41. The van der Waals surface area contributed by atoms with Gasteiger partial charge in [-0.25, -0.2) is 9.97 Å². The fourth-order valence-corrected chi connectivity index (χ4v) is 5.25. The Morgan fingerprint density at radius 2 is 2.04 bits per heavy atom. The van der Waals surface area contributed by atoms with Gasteiger partial charge in [0.25, 0.3) is 0 Å². The highest BCUT2D eigenvalue weighted by atomic mass is 16.2. The maximum absolute atomic E-state index is 12.6. The van der Waals surface area contributed by atoms with Gasteiger partial charge in [0.15, 0.2) is 0 Å². The standard InChI is InChI=1S/C20H28N6O/c1-24-9-4-15(12-24)26-13-20(5-2-17(26)27)6-10-25(11-7-20)19-16-3-8-21-18(16)22-14-23-19/h3,8,14-15H,2,4-7,9-13H2,1H3,(H,21,22,23). The summed E-state index contributed by atoms with van der Waals surface area (Å²) in [7, 11) is 2.16. The molecule has 3 aliphatic heterocycles. The highest BCUT2D eigenvalue weighted by molar-refractivity contribution is 5.87. The van der Waals surface area contributed by atoms with Gasteiger partial charge in [-0.15, -0.1) is 0 Å². The molecule has 2 aromatic heterocycles. The highest BCUT2D eigenvalue weighted by Crippen LogP contribution is 2.42. The zero-order valence-corrected chi connectivity index (χ0v) is 16.0. The van der Waals surface area contributed by atoms with Crippen LogP contribution >= 0.6 is 0 Å². The zero-order chi connectivity index (χ0) is 18.4. The van der Waals surface area contributed by atoms with Gasteiger partial charge >= 0.3 is 0 Å². The number of nitrogens with zero attached hydrogens (tertiary/aromatic N) is 5. The van der Waals surface area contributed by atoms with E-state index in [1.807, 2.05) is 6.20 Å². The molecule has 144 valence electrons. The molecule has 1 spiro atoms. The van der Waals surface area contributed by atoms with Crippen molar-refractivity contribution >= 4 is 22.8 Å². The van der Waals surface area contributed by atoms with E-state index in [1.165, 1.54) is 0 Å². The van der Waals surface area contributed by atoms with Crippen molar-refractivity contribution in [2.24, 2.45) is 5.41 Å². The Bertz CT molecular complexity index is 840. The Hall–Kier alpha value is -2.15. The Balaban J connectivity index is 1.30. The quantitative estimate of drug-likeness (QED) is 0.876. The zero-order valence-electron chi connectivity index (χ0n) is 16.0. The molecule has 7 nitrogen and oxygen atoms in total. The third-order valence-electron chi connectivity index (χ3n) is 6.96. The lowest BCUT2D eigenvalue weighted by atomic mass is 9.72. The molecule has 1 atom stereocenters. The number of fused-ring (bicyclic) bond motifs is 1. The van der Waals surface area contributed by atoms with Crippen molar-refractivity contribution < 1.29 is 4.79 Å². The molecular formula is C20H28N6O. The van der Waals surface area contributed by atoms with Crippen LogP contribution in [-0.4, -0.2) is 76.5 Å². The molecule has 0 saturated carbocycles. The van der Waals surface area contributed by atoms with Crippen molar-refractivity contribution in [3.05, 3.63) is 18.6 Å². The summed E-state index contributed by atoms with van der Waals surface area (Å²) in [6, 6.07) is 2.48. The average molecular weight is 368 g/mol. The van der Waals surface area contributed by atoms with E-state index < -0.39 is 0 Å². The van der Waals surface area contributed by atoms with Crippen LogP contribution in [0.4, 0.5) is 5.82 Å². The van der Waals surface area contributed by atoms with Gasteiger partial charge in [-0.05, 0) is 50.8 Å². The number of hydrogen-bond acceptors (Lipinski definition) is 5. The minimum absolute atomic E-state index is 0.288. The second kappa shape index (κ2) is 6.48. The number of rotatable bonds is 2. The van der Waals surface area contributed by atoms with E-state index in [2.05, 4.69) is 42.8 Å². The van der Waals surface area contributed by atoms with Crippen molar-refractivity contribution in [3.63, 3.8) is 0 Å². The minimum atomic E-state index is 0.288. The van der Waals surface area contributed by atoms with Gasteiger partial charge in [0.1, 0.15) is 17.8 Å². The number of aromatic amines is 1. The van der Waals surface area contributed by atoms with Crippen LogP contribution < -0.4 is 4.90 Å². The van der Waals surface area contributed by atoms with E-state index >= 15 is 0 Å². The Morgan fingerprint density at radius 1 is 1.19 bits per heavy atom. The van der Waals surface area contributed by atoms with E-state index in [0.29, 0.717) is 11.9 Å². The number of carbonyl (C=O) groups is 1. The topological polar surface area (TPSA) is 68.4 Å².